The predicted octanol–water partition coefficient (Wildman–Crippen LogP) is 4.27. The number of hydrogen-bond donors (Lipinski definition) is 2. The van der Waals surface area contributed by atoms with Crippen molar-refractivity contribution in [1.82, 2.24) is 9.99 Å². The van der Waals surface area contributed by atoms with Crippen molar-refractivity contribution >= 4 is 23.0 Å². The summed E-state index contributed by atoms with van der Waals surface area (Å²) in [6.07, 6.45) is 7.00. The molecule has 0 spiro atoms. The Balaban J connectivity index is 1.40. The summed E-state index contributed by atoms with van der Waals surface area (Å²) in [6.45, 7) is 1.41. The average Bonchev–Trinajstić information content (AvgIpc) is 3.56. The number of aliphatic hydroxyl groups is 1. The Morgan fingerprint density at radius 1 is 1.19 bits per heavy atom. The van der Waals surface area contributed by atoms with Crippen molar-refractivity contribution in [2.75, 3.05) is 0 Å². The number of rotatable bonds is 6. The minimum atomic E-state index is -0.498. The number of amides is 1. The monoisotopic (exact) mass is 431 g/mol. The van der Waals surface area contributed by atoms with Gasteiger partial charge in [0.05, 0.1) is 23.9 Å². The van der Waals surface area contributed by atoms with E-state index < -0.39 is 6.10 Å². The zero-order valence-corrected chi connectivity index (χ0v) is 18.3. The fourth-order valence-corrected chi connectivity index (χ4v) is 4.60. The fraction of sp³-hybridized carbons (Fsp3) is 0.385. The summed E-state index contributed by atoms with van der Waals surface area (Å²) < 4.78 is 8.38. The van der Waals surface area contributed by atoms with Crippen molar-refractivity contribution in [2.45, 2.75) is 63.4 Å². The number of nitrogens with one attached hydrogen (secondary N) is 1. The van der Waals surface area contributed by atoms with Crippen LogP contribution in [0.15, 0.2) is 59.8 Å². The highest BCUT2D eigenvalue weighted by Gasteiger charge is 2.30. The Kier molecular flexibility index (Phi) is 5.81. The van der Waals surface area contributed by atoms with Gasteiger partial charge in [-0.2, -0.15) is 5.10 Å². The molecule has 2 aliphatic rings. The summed E-state index contributed by atoms with van der Waals surface area (Å²) in [6, 6.07) is 17.4. The van der Waals surface area contributed by atoms with E-state index in [4.69, 9.17) is 4.74 Å². The molecule has 166 valence electrons. The van der Waals surface area contributed by atoms with Gasteiger partial charge in [-0.1, -0.05) is 42.5 Å². The fourth-order valence-electron chi connectivity index (χ4n) is 4.60. The van der Waals surface area contributed by atoms with Crippen LogP contribution in [-0.2, 0) is 16.0 Å². The first-order valence-corrected chi connectivity index (χ1v) is 11.4. The molecular weight excluding hydrogens is 402 g/mol. The normalized spacial score (nSPS) is 23.6. The molecule has 1 saturated heterocycles. The molecule has 6 heteroatoms. The van der Waals surface area contributed by atoms with Crippen molar-refractivity contribution < 1.29 is 14.6 Å². The van der Waals surface area contributed by atoms with E-state index >= 15 is 0 Å². The van der Waals surface area contributed by atoms with E-state index in [1.165, 1.54) is 41.8 Å². The van der Waals surface area contributed by atoms with Gasteiger partial charge in [0, 0.05) is 31.3 Å². The lowest BCUT2D eigenvalue weighted by Crippen LogP contribution is -2.35. The van der Waals surface area contributed by atoms with Gasteiger partial charge in [0.15, 0.2) is 0 Å². The van der Waals surface area contributed by atoms with Crippen LogP contribution in [-0.4, -0.2) is 34.0 Å². The van der Waals surface area contributed by atoms with Gasteiger partial charge in [-0.05, 0) is 47.9 Å². The third kappa shape index (κ3) is 4.61. The summed E-state index contributed by atoms with van der Waals surface area (Å²) in [4.78, 5) is 11.1. The van der Waals surface area contributed by atoms with E-state index in [0.29, 0.717) is 12.8 Å². The second-order valence-electron chi connectivity index (χ2n) is 8.97. The molecule has 3 aromatic rings. The highest BCUT2D eigenvalue weighted by atomic mass is 16.5. The number of fused-ring (bicyclic) bond motifs is 1. The lowest BCUT2D eigenvalue weighted by Gasteiger charge is -2.32. The van der Waals surface area contributed by atoms with Crippen LogP contribution in [0.4, 0.5) is 0 Å². The third-order valence-corrected chi connectivity index (χ3v) is 6.33. The molecule has 3 unspecified atom stereocenters. The smallest absolute Gasteiger partial charge is 0.236 e. The molecule has 2 aromatic carbocycles. The zero-order chi connectivity index (χ0) is 22.1. The van der Waals surface area contributed by atoms with Gasteiger partial charge in [0.25, 0.3) is 0 Å². The SMILES string of the molecule is CC(=O)NN=CC1CC(O)CC(n2cc(Cc3ccc(C4CC4)cc3)c3ccccc32)O1. The summed E-state index contributed by atoms with van der Waals surface area (Å²) in [7, 11) is 0. The number of hydrogen-bond acceptors (Lipinski definition) is 4. The van der Waals surface area contributed by atoms with E-state index in [9.17, 15) is 9.90 Å². The molecule has 2 heterocycles. The maximum absolute atomic E-state index is 11.1. The van der Waals surface area contributed by atoms with Gasteiger partial charge < -0.3 is 14.4 Å². The Hall–Kier alpha value is -2.96. The topological polar surface area (TPSA) is 75.9 Å². The highest BCUT2D eigenvalue weighted by molar-refractivity contribution is 5.84. The molecular formula is C26H29N3O3. The van der Waals surface area contributed by atoms with Crippen molar-refractivity contribution in [3.8, 4) is 0 Å². The van der Waals surface area contributed by atoms with Crippen LogP contribution in [0.1, 0.15) is 61.4 Å². The first-order chi connectivity index (χ1) is 15.6. The minimum Gasteiger partial charge on any atom is -0.393 e. The number of para-hydroxylation sites is 1. The van der Waals surface area contributed by atoms with Gasteiger partial charge in [-0.15, -0.1) is 0 Å². The van der Waals surface area contributed by atoms with Gasteiger partial charge in [0.1, 0.15) is 6.23 Å². The molecule has 32 heavy (non-hydrogen) atoms. The van der Waals surface area contributed by atoms with Gasteiger partial charge in [-0.3, -0.25) is 4.79 Å². The van der Waals surface area contributed by atoms with E-state index in [-0.39, 0.29) is 18.2 Å². The van der Waals surface area contributed by atoms with Crippen LogP contribution in [0, 0.1) is 0 Å². The molecule has 2 N–H and O–H groups in total. The molecule has 1 aromatic heterocycles. The summed E-state index contributed by atoms with van der Waals surface area (Å²) in [5.74, 6) is 0.531. The van der Waals surface area contributed by atoms with Gasteiger partial charge in [0.2, 0.25) is 5.91 Å². The number of hydrazone groups is 1. The van der Waals surface area contributed by atoms with Crippen molar-refractivity contribution in [2.24, 2.45) is 5.10 Å². The average molecular weight is 432 g/mol. The molecule has 1 saturated carbocycles. The van der Waals surface area contributed by atoms with E-state index in [1.807, 2.05) is 6.07 Å². The van der Waals surface area contributed by atoms with Crippen LogP contribution in [0.5, 0.6) is 0 Å². The van der Waals surface area contributed by atoms with E-state index in [2.05, 4.69) is 63.8 Å². The quantitative estimate of drug-likeness (QED) is 0.452. The molecule has 0 radical (unpaired) electrons. The van der Waals surface area contributed by atoms with Crippen molar-refractivity contribution in [1.29, 1.82) is 0 Å². The number of nitrogens with zero attached hydrogens (tertiary/aromatic N) is 2. The van der Waals surface area contributed by atoms with Crippen molar-refractivity contribution in [3.63, 3.8) is 0 Å². The number of ether oxygens (including phenoxy) is 1. The van der Waals surface area contributed by atoms with Gasteiger partial charge >= 0.3 is 0 Å². The highest BCUT2D eigenvalue weighted by Crippen LogP contribution is 2.40. The first kappa shape index (κ1) is 20.9. The van der Waals surface area contributed by atoms with Crippen LogP contribution in [0.3, 0.4) is 0 Å². The maximum Gasteiger partial charge on any atom is 0.236 e. The number of aliphatic hydroxyl groups excluding tert-OH is 1. The molecule has 6 nitrogen and oxygen atoms in total. The van der Waals surface area contributed by atoms with Crippen molar-refractivity contribution in [3.05, 3.63) is 71.4 Å². The molecule has 2 fully saturated rings. The molecule has 0 bridgehead atoms. The standard InChI is InChI=1S/C26H29N3O3/c1-17(30)28-27-15-23-13-22(31)14-26(32-23)29-16-21(24-4-2-3-5-25(24)29)12-18-6-8-19(9-7-18)20-10-11-20/h2-9,15-16,20,22-23,26,31H,10-14H2,1H3,(H,28,30). The summed E-state index contributed by atoms with van der Waals surface area (Å²) in [5, 5.41) is 15.6. The largest absolute Gasteiger partial charge is 0.393 e. The Bertz CT molecular complexity index is 1130. The predicted molar refractivity (Wildman–Crippen MR) is 125 cm³/mol. The Morgan fingerprint density at radius 3 is 2.72 bits per heavy atom. The maximum atomic E-state index is 11.1. The molecule has 1 aliphatic carbocycles. The first-order valence-electron chi connectivity index (χ1n) is 11.4. The van der Waals surface area contributed by atoms with Crippen LogP contribution in [0.25, 0.3) is 10.9 Å². The molecule has 1 aliphatic heterocycles. The summed E-state index contributed by atoms with van der Waals surface area (Å²) >= 11 is 0. The van der Waals surface area contributed by atoms with E-state index in [0.717, 1.165) is 17.9 Å². The number of carbonyl (C=O) groups is 1. The number of aromatic nitrogens is 1. The van der Waals surface area contributed by atoms with Crippen LogP contribution < -0.4 is 5.43 Å². The minimum absolute atomic E-state index is 0.236. The Morgan fingerprint density at radius 2 is 1.97 bits per heavy atom. The second-order valence-corrected chi connectivity index (χ2v) is 8.97. The Labute approximate surface area is 187 Å². The van der Waals surface area contributed by atoms with E-state index in [1.54, 1.807) is 6.21 Å². The number of carbonyl (C=O) groups excluding carboxylic acids is 1. The third-order valence-electron chi connectivity index (χ3n) is 6.33. The molecule has 1 amide bonds. The summed E-state index contributed by atoms with van der Waals surface area (Å²) in [5.41, 5.74) is 7.48. The van der Waals surface area contributed by atoms with Gasteiger partial charge in [-0.25, -0.2) is 5.43 Å². The lowest BCUT2D eigenvalue weighted by molar-refractivity contribution is -0.118. The second kappa shape index (κ2) is 8.88. The van der Waals surface area contributed by atoms with Crippen LogP contribution in [0.2, 0.25) is 0 Å². The molecule has 3 atom stereocenters. The lowest BCUT2D eigenvalue weighted by atomic mass is 10.0. The van der Waals surface area contributed by atoms with Crippen LogP contribution >= 0.6 is 0 Å². The molecule has 5 rings (SSSR count). The number of benzene rings is 2. The zero-order valence-electron chi connectivity index (χ0n) is 18.3.